The fourth-order valence-electron chi connectivity index (χ4n) is 5.65. The number of aromatic nitrogens is 1. The number of carbonyl (C=O) groups is 3. The topological polar surface area (TPSA) is 88.9 Å². The molecular weight excluding hydrogens is 558 g/mol. The molecule has 3 aliphatic heterocycles. The summed E-state index contributed by atoms with van der Waals surface area (Å²) in [5, 5.41) is 0.402. The lowest BCUT2D eigenvalue weighted by Crippen LogP contribution is -2.39. The van der Waals surface area contributed by atoms with Crippen molar-refractivity contribution in [2.24, 2.45) is 5.92 Å². The predicted molar refractivity (Wildman–Crippen MR) is 151 cm³/mol. The average Bonchev–Trinajstić information content (AvgIpc) is 3.40. The summed E-state index contributed by atoms with van der Waals surface area (Å²) in [6, 6.07) is 14.0. The normalized spacial score (nSPS) is 22.6. The molecule has 4 heterocycles. The summed E-state index contributed by atoms with van der Waals surface area (Å²) in [7, 11) is 1.55. The first-order valence-corrected chi connectivity index (χ1v) is 14.9. The lowest BCUT2D eigenvalue weighted by Gasteiger charge is -2.31. The van der Waals surface area contributed by atoms with E-state index in [-0.39, 0.29) is 29.1 Å². The number of nitrogens with zero attached hydrogens (tertiary/aromatic N) is 3. The van der Waals surface area contributed by atoms with Crippen molar-refractivity contribution >= 4 is 58.1 Å². The first kappa shape index (κ1) is 26.2. The fourth-order valence-corrected chi connectivity index (χ4v) is 8.55. The Balaban J connectivity index is 1.42. The number of fused-ring (bicyclic) bond motifs is 2. The van der Waals surface area contributed by atoms with Gasteiger partial charge in [-0.2, -0.15) is 0 Å². The van der Waals surface area contributed by atoms with E-state index in [0.717, 1.165) is 36.2 Å². The van der Waals surface area contributed by atoms with E-state index >= 15 is 0 Å². The molecule has 0 radical (unpaired) electrons. The van der Waals surface area contributed by atoms with E-state index in [1.807, 2.05) is 17.0 Å². The van der Waals surface area contributed by atoms with Crippen LogP contribution in [0.3, 0.4) is 0 Å². The largest absolute Gasteiger partial charge is 0.497 e. The Bertz CT molecular complexity index is 1490. The van der Waals surface area contributed by atoms with Gasteiger partial charge >= 0.3 is 4.87 Å². The number of rotatable bonds is 5. The van der Waals surface area contributed by atoms with E-state index in [1.54, 1.807) is 43.5 Å². The molecule has 0 saturated carbocycles. The van der Waals surface area contributed by atoms with Gasteiger partial charge in [0.2, 0.25) is 17.7 Å². The Labute approximate surface area is 238 Å². The van der Waals surface area contributed by atoms with Gasteiger partial charge in [0.25, 0.3) is 0 Å². The van der Waals surface area contributed by atoms with Gasteiger partial charge in [-0.3, -0.25) is 23.7 Å². The van der Waals surface area contributed by atoms with Crippen molar-refractivity contribution in [1.82, 2.24) is 9.47 Å². The number of anilines is 1. The summed E-state index contributed by atoms with van der Waals surface area (Å²) in [5.41, 5.74) is 1.26. The van der Waals surface area contributed by atoms with Crippen LogP contribution in [0.1, 0.15) is 35.6 Å². The first-order chi connectivity index (χ1) is 18.9. The molecule has 3 atom stereocenters. The van der Waals surface area contributed by atoms with Crippen LogP contribution >= 0.6 is 34.7 Å². The van der Waals surface area contributed by atoms with E-state index in [1.165, 1.54) is 21.2 Å². The van der Waals surface area contributed by atoms with Crippen LogP contribution in [-0.4, -0.2) is 52.6 Å². The number of carbonyl (C=O) groups excluding carboxylic acids is 3. The molecule has 2 fully saturated rings. The van der Waals surface area contributed by atoms with Gasteiger partial charge in [-0.25, -0.2) is 4.90 Å². The number of amides is 3. The second kappa shape index (κ2) is 10.5. The monoisotopic (exact) mass is 583 g/mol. The summed E-state index contributed by atoms with van der Waals surface area (Å²) in [5.74, 6) is -1.36. The van der Waals surface area contributed by atoms with Crippen LogP contribution < -0.4 is 14.5 Å². The number of hydrogen-bond donors (Lipinski definition) is 0. The Hall–Kier alpha value is -3.08. The molecular formula is C28H26ClN3O5S2. The van der Waals surface area contributed by atoms with Crippen LogP contribution in [0.2, 0.25) is 5.02 Å². The standard InChI is InChI=1S/C28H26ClN3O5S2/c1-37-19-11-9-18(10-12-19)32-25(34)22-21(16-5-7-17(29)8-6-16)24-27(38-23(22)26(32)35)31(28(36)39-24)15-20(33)30-13-3-2-4-14-30/h5-12,21-23H,2-4,13-15H2,1H3/t21-,22?,23?/m1/s1. The SMILES string of the molecule is COc1ccc(N2C(=O)C3Sc4c(sc(=O)n4CC(=O)N4CCCCC4)[C@H](c4ccc(Cl)cc4)C3C2=O)cc1. The third-order valence-electron chi connectivity index (χ3n) is 7.61. The van der Waals surface area contributed by atoms with Crippen LogP contribution in [-0.2, 0) is 20.9 Å². The van der Waals surface area contributed by atoms with Crippen molar-refractivity contribution in [2.45, 2.75) is 42.0 Å². The van der Waals surface area contributed by atoms with Crippen LogP contribution in [0.15, 0.2) is 58.4 Å². The van der Waals surface area contributed by atoms with E-state index in [4.69, 9.17) is 16.3 Å². The molecule has 0 spiro atoms. The highest BCUT2D eigenvalue weighted by Gasteiger charge is 2.56. The highest BCUT2D eigenvalue weighted by atomic mass is 35.5. The lowest BCUT2D eigenvalue weighted by atomic mass is 9.83. The van der Waals surface area contributed by atoms with E-state index < -0.39 is 17.1 Å². The number of thioether (sulfide) groups is 1. The van der Waals surface area contributed by atoms with E-state index in [0.29, 0.717) is 39.5 Å². The lowest BCUT2D eigenvalue weighted by molar-refractivity contribution is -0.133. The van der Waals surface area contributed by atoms with Crippen LogP contribution in [0.5, 0.6) is 5.75 Å². The summed E-state index contributed by atoms with van der Waals surface area (Å²) in [4.78, 5) is 57.6. The van der Waals surface area contributed by atoms with Gasteiger partial charge in [-0.15, -0.1) is 0 Å². The average molecular weight is 584 g/mol. The molecule has 1 aromatic heterocycles. The van der Waals surface area contributed by atoms with E-state index in [2.05, 4.69) is 0 Å². The molecule has 3 amide bonds. The number of benzene rings is 2. The summed E-state index contributed by atoms with van der Waals surface area (Å²) in [6.07, 6.45) is 3.01. The van der Waals surface area contributed by atoms with Gasteiger partial charge in [0.05, 0.1) is 23.7 Å². The van der Waals surface area contributed by atoms with Crippen molar-refractivity contribution < 1.29 is 19.1 Å². The zero-order valence-electron chi connectivity index (χ0n) is 21.2. The number of thiazole rings is 1. The fraction of sp³-hybridized carbons (Fsp3) is 0.357. The minimum Gasteiger partial charge on any atom is -0.497 e. The predicted octanol–water partition coefficient (Wildman–Crippen LogP) is 4.38. The van der Waals surface area contributed by atoms with Crippen LogP contribution in [0.4, 0.5) is 5.69 Å². The van der Waals surface area contributed by atoms with E-state index in [9.17, 15) is 19.2 Å². The molecule has 11 heteroatoms. The van der Waals surface area contributed by atoms with Gasteiger partial charge in [0.1, 0.15) is 17.5 Å². The number of likely N-dealkylation sites (tertiary alicyclic amines) is 1. The first-order valence-electron chi connectivity index (χ1n) is 12.8. The van der Waals surface area contributed by atoms with Gasteiger partial charge in [-0.1, -0.05) is 46.8 Å². The molecule has 2 unspecified atom stereocenters. The Morgan fingerprint density at radius 1 is 0.974 bits per heavy atom. The number of methoxy groups -OCH3 is 1. The maximum atomic E-state index is 13.9. The zero-order valence-corrected chi connectivity index (χ0v) is 23.6. The van der Waals surface area contributed by atoms with Crippen molar-refractivity contribution in [1.29, 1.82) is 0 Å². The van der Waals surface area contributed by atoms with Crippen LogP contribution in [0, 0.1) is 5.92 Å². The molecule has 8 nitrogen and oxygen atoms in total. The molecule has 0 bridgehead atoms. The molecule has 2 saturated heterocycles. The number of halogens is 1. The summed E-state index contributed by atoms with van der Waals surface area (Å²) >= 11 is 8.44. The van der Waals surface area contributed by atoms with Crippen LogP contribution in [0.25, 0.3) is 0 Å². The quantitative estimate of drug-likeness (QED) is 0.414. The van der Waals surface area contributed by atoms with Gasteiger partial charge in [0.15, 0.2) is 0 Å². The Morgan fingerprint density at radius 2 is 1.67 bits per heavy atom. The van der Waals surface area contributed by atoms with Crippen molar-refractivity contribution in [3.05, 3.63) is 73.7 Å². The van der Waals surface area contributed by atoms with Gasteiger partial charge in [-0.05, 0) is 61.2 Å². The summed E-state index contributed by atoms with van der Waals surface area (Å²) in [6.45, 7) is 1.30. The third kappa shape index (κ3) is 4.58. The number of hydrogen-bond acceptors (Lipinski definition) is 7. The Kier molecular flexibility index (Phi) is 7.03. The number of piperidine rings is 1. The molecule has 0 aliphatic carbocycles. The maximum Gasteiger partial charge on any atom is 0.308 e. The summed E-state index contributed by atoms with van der Waals surface area (Å²) < 4.78 is 6.73. The molecule has 3 aromatic rings. The smallest absolute Gasteiger partial charge is 0.308 e. The zero-order chi connectivity index (χ0) is 27.3. The maximum absolute atomic E-state index is 13.9. The molecule has 3 aliphatic rings. The Morgan fingerprint density at radius 3 is 2.33 bits per heavy atom. The molecule has 39 heavy (non-hydrogen) atoms. The second-order valence-electron chi connectivity index (χ2n) is 9.87. The number of ether oxygens (including phenoxy) is 1. The highest BCUT2D eigenvalue weighted by molar-refractivity contribution is 8.00. The van der Waals surface area contributed by atoms with Gasteiger partial charge in [0, 0.05) is 28.9 Å². The molecule has 6 rings (SSSR count). The molecule has 0 N–H and O–H groups in total. The molecule has 202 valence electrons. The number of imide groups is 1. The minimum absolute atomic E-state index is 0.0767. The van der Waals surface area contributed by atoms with Crippen molar-refractivity contribution in [2.75, 3.05) is 25.1 Å². The van der Waals surface area contributed by atoms with Crippen molar-refractivity contribution in [3.8, 4) is 5.75 Å². The highest BCUT2D eigenvalue weighted by Crippen LogP contribution is 2.54. The molecule has 2 aromatic carbocycles. The van der Waals surface area contributed by atoms with Crippen molar-refractivity contribution in [3.63, 3.8) is 0 Å². The minimum atomic E-state index is -0.738. The second-order valence-corrected chi connectivity index (χ2v) is 12.4. The third-order valence-corrected chi connectivity index (χ3v) is 10.5. The van der Waals surface area contributed by atoms with Gasteiger partial charge < -0.3 is 9.64 Å².